The Morgan fingerprint density at radius 3 is 2.75 bits per heavy atom. The Morgan fingerprint density at radius 2 is 2.19 bits per heavy atom. The second-order valence-corrected chi connectivity index (χ2v) is 6.49. The molecule has 1 aromatic heterocycles. The summed E-state index contributed by atoms with van der Waals surface area (Å²) in [5.74, 6) is 1.68. The monoisotopic (exact) mass is 261 g/mol. The molecule has 16 heavy (non-hydrogen) atoms. The number of hydrogen-bond donors (Lipinski definition) is 0. The van der Waals surface area contributed by atoms with Gasteiger partial charge in [0.2, 0.25) is 5.88 Å². The van der Waals surface area contributed by atoms with Crippen molar-refractivity contribution in [3.05, 3.63) is 18.3 Å². The Balaban J connectivity index is 2.71. The lowest BCUT2D eigenvalue weighted by atomic mass is 10.3. The van der Waals surface area contributed by atoms with Crippen molar-refractivity contribution < 1.29 is 12.6 Å². The minimum atomic E-state index is -3.50. The predicted octanol–water partition coefficient (Wildman–Crippen LogP) is 2.17. The molecular formula is C10H15NO3S2. The lowest BCUT2D eigenvalue weighted by Gasteiger charge is -2.06. The summed E-state index contributed by atoms with van der Waals surface area (Å²) < 4.78 is 26.5. The number of rotatable bonds is 5. The zero-order valence-electron chi connectivity index (χ0n) is 9.50. The highest BCUT2D eigenvalue weighted by Crippen LogP contribution is 2.23. The fourth-order valence-corrected chi connectivity index (χ4v) is 2.21. The molecule has 0 saturated heterocycles. The van der Waals surface area contributed by atoms with E-state index in [1.807, 2.05) is 6.07 Å². The van der Waals surface area contributed by atoms with E-state index in [2.05, 4.69) is 18.8 Å². The third kappa shape index (κ3) is 5.37. The van der Waals surface area contributed by atoms with E-state index < -0.39 is 10.1 Å². The molecule has 0 bridgehead atoms. The van der Waals surface area contributed by atoms with Crippen LogP contribution in [0.1, 0.15) is 13.8 Å². The minimum absolute atomic E-state index is 0.122. The molecular weight excluding hydrogens is 246 g/mol. The molecule has 1 aromatic rings. The summed E-state index contributed by atoms with van der Waals surface area (Å²) in [6.45, 7) is 4.25. The topological polar surface area (TPSA) is 56.3 Å². The van der Waals surface area contributed by atoms with E-state index in [1.54, 1.807) is 24.0 Å². The van der Waals surface area contributed by atoms with E-state index in [0.717, 1.165) is 16.9 Å². The van der Waals surface area contributed by atoms with Crippen molar-refractivity contribution >= 4 is 21.9 Å². The van der Waals surface area contributed by atoms with Crippen LogP contribution in [0.5, 0.6) is 5.88 Å². The number of hydrogen-bond acceptors (Lipinski definition) is 5. The number of pyridine rings is 1. The number of thioether (sulfide) groups is 1. The lowest BCUT2D eigenvalue weighted by Crippen LogP contribution is -2.06. The van der Waals surface area contributed by atoms with Gasteiger partial charge in [0.1, 0.15) is 0 Å². The second kappa shape index (κ2) is 5.54. The van der Waals surface area contributed by atoms with Gasteiger partial charge in [-0.15, -0.1) is 11.8 Å². The molecule has 0 saturated carbocycles. The van der Waals surface area contributed by atoms with Gasteiger partial charge in [-0.2, -0.15) is 8.42 Å². The Hall–Kier alpha value is -0.750. The van der Waals surface area contributed by atoms with Gasteiger partial charge in [0.05, 0.1) is 6.26 Å². The maximum Gasteiger partial charge on any atom is 0.307 e. The average molecular weight is 261 g/mol. The van der Waals surface area contributed by atoms with Crippen LogP contribution < -0.4 is 4.18 Å². The lowest BCUT2D eigenvalue weighted by molar-refractivity contribution is 0.482. The first-order valence-electron chi connectivity index (χ1n) is 4.85. The Morgan fingerprint density at radius 1 is 1.50 bits per heavy atom. The molecule has 0 amide bonds. The third-order valence-electron chi connectivity index (χ3n) is 1.53. The van der Waals surface area contributed by atoms with Gasteiger partial charge < -0.3 is 4.18 Å². The highest BCUT2D eigenvalue weighted by molar-refractivity contribution is 7.99. The van der Waals surface area contributed by atoms with Gasteiger partial charge in [-0.25, -0.2) is 4.98 Å². The summed E-state index contributed by atoms with van der Waals surface area (Å²) in [5.41, 5.74) is 0. The van der Waals surface area contributed by atoms with E-state index in [1.165, 1.54) is 0 Å². The van der Waals surface area contributed by atoms with E-state index in [-0.39, 0.29) is 5.88 Å². The highest BCUT2D eigenvalue weighted by Gasteiger charge is 2.06. The molecule has 1 heterocycles. The van der Waals surface area contributed by atoms with Crippen LogP contribution in [0, 0.1) is 5.92 Å². The summed E-state index contributed by atoms with van der Waals surface area (Å²) in [6.07, 6.45) is 2.55. The SMILES string of the molecule is CC(C)CSc1ccnc(OS(C)(=O)=O)c1. The highest BCUT2D eigenvalue weighted by atomic mass is 32.2. The van der Waals surface area contributed by atoms with Gasteiger partial charge in [0.25, 0.3) is 0 Å². The molecule has 0 spiro atoms. The predicted molar refractivity (Wildman–Crippen MR) is 65.3 cm³/mol. The first-order valence-corrected chi connectivity index (χ1v) is 7.65. The summed E-state index contributed by atoms with van der Waals surface area (Å²) in [4.78, 5) is 4.80. The molecule has 0 aromatic carbocycles. The molecule has 0 N–H and O–H groups in total. The molecule has 4 nitrogen and oxygen atoms in total. The minimum Gasteiger partial charge on any atom is -0.362 e. The third-order valence-corrected chi connectivity index (χ3v) is 3.42. The first-order chi connectivity index (χ1) is 7.37. The van der Waals surface area contributed by atoms with Crippen molar-refractivity contribution in [1.29, 1.82) is 0 Å². The largest absolute Gasteiger partial charge is 0.362 e. The molecule has 6 heteroatoms. The zero-order chi connectivity index (χ0) is 12.2. The molecule has 0 fully saturated rings. The van der Waals surface area contributed by atoms with Gasteiger partial charge in [-0.05, 0) is 12.0 Å². The fraction of sp³-hybridized carbons (Fsp3) is 0.500. The first kappa shape index (κ1) is 13.3. The van der Waals surface area contributed by atoms with Crippen molar-refractivity contribution in [3.63, 3.8) is 0 Å². The molecule has 90 valence electrons. The van der Waals surface area contributed by atoms with Crippen molar-refractivity contribution in [2.24, 2.45) is 5.92 Å². The van der Waals surface area contributed by atoms with Crippen LogP contribution >= 0.6 is 11.8 Å². The summed E-state index contributed by atoms with van der Waals surface area (Å²) in [5, 5.41) is 0. The van der Waals surface area contributed by atoms with Crippen LogP contribution in [0.4, 0.5) is 0 Å². The Kier molecular flexibility index (Phi) is 4.61. The average Bonchev–Trinajstić information content (AvgIpc) is 2.12. The zero-order valence-corrected chi connectivity index (χ0v) is 11.1. The van der Waals surface area contributed by atoms with Gasteiger partial charge >= 0.3 is 10.1 Å². The normalized spacial score (nSPS) is 11.8. The standard InChI is InChI=1S/C10H15NO3S2/c1-8(2)7-15-9-4-5-11-10(6-9)14-16(3,12)13/h4-6,8H,7H2,1-3H3. The molecule has 0 atom stereocenters. The van der Waals surface area contributed by atoms with E-state index in [9.17, 15) is 8.42 Å². The number of nitrogens with zero attached hydrogens (tertiary/aromatic N) is 1. The van der Waals surface area contributed by atoms with Crippen LogP contribution in [0.25, 0.3) is 0 Å². The van der Waals surface area contributed by atoms with Gasteiger partial charge in [0, 0.05) is 22.9 Å². The van der Waals surface area contributed by atoms with Crippen molar-refractivity contribution in [3.8, 4) is 5.88 Å². The smallest absolute Gasteiger partial charge is 0.307 e. The Bertz CT molecular complexity index is 443. The van der Waals surface area contributed by atoms with Gasteiger partial charge in [-0.1, -0.05) is 13.8 Å². The van der Waals surface area contributed by atoms with E-state index in [4.69, 9.17) is 4.18 Å². The van der Waals surface area contributed by atoms with E-state index >= 15 is 0 Å². The molecule has 0 aliphatic heterocycles. The van der Waals surface area contributed by atoms with Crippen molar-refractivity contribution in [1.82, 2.24) is 4.98 Å². The summed E-state index contributed by atoms with van der Waals surface area (Å²) >= 11 is 1.65. The van der Waals surface area contributed by atoms with Crippen LogP contribution in [0.3, 0.4) is 0 Å². The van der Waals surface area contributed by atoms with Crippen molar-refractivity contribution in [2.45, 2.75) is 18.7 Å². The number of aromatic nitrogens is 1. The quantitative estimate of drug-likeness (QED) is 0.600. The fourth-order valence-electron chi connectivity index (χ4n) is 0.945. The van der Waals surface area contributed by atoms with Crippen LogP contribution in [0.2, 0.25) is 0 Å². The molecule has 0 aliphatic rings. The van der Waals surface area contributed by atoms with Crippen molar-refractivity contribution in [2.75, 3.05) is 12.0 Å². The second-order valence-electron chi connectivity index (χ2n) is 3.82. The molecule has 1 rings (SSSR count). The molecule has 0 aliphatic carbocycles. The maximum absolute atomic E-state index is 10.9. The molecule has 0 unspecified atom stereocenters. The van der Waals surface area contributed by atoms with Gasteiger partial charge in [-0.3, -0.25) is 0 Å². The maximum atomic E-state index is 10.9. The van der Waals surface area contributed by atoms with Gasteiger partial charge in [0.15, 0.2) is 0 Å². The summed E-state index contributed by atoms with van der Waals surface area (Å²) in [6, 6.07) is 3.47. The molecule has 0 radical (unpaired) electrons. The van der Waals surface area contributed by atoms with Crippen LogP contribution in [-0.4, -0.2) is 25.4 Å². The van der Waals surface area contributed by atoms with Crippen LogP contribution in [-0.2, 0) is 10.1 Å². The Labute approximate surface area is 101 Å². The summed E-state index contributed by atoms with van der Waals surface area (Å²) in [7, 11) is -3.50. The van der Waals surface area contributed by atoms with E-state index in [0.29, 0.717) is 5.92 Å². The van der Waals surface area contributed by atoms with Crippen LogP contribution in [0.15, 0.2) is 23.2 Å².